The van der Waals surface area contributed by atoms with Crippen molar-refractivity contribution < 1.29 is 9.53 Å². The highest BCUT2D eigenvalue weighted by Gasteiger charge is 2.15. The lowest BCUT2D eigenvalue weighted by molar-refractivity contribution is -0.116. The molecule has 1 aromatic rings. The molecule has 1 amide bonds. The third-order valence-electron chi connectivity index (χ3n) is 4.93. The first-order chi connectivity index (χ1) is 13.9. The van der Waals surface area contributed by atoms with Crippen LogP contribution in [0.2, 0.25) is 0 Å². The van der Waals surface area contributed by atoms with Gasteiger partial charge < -0.3 is 20.7 Å². The molecule has 0 saturated carbocycles. The van der Waals surface area contributed by atoms with Crippen LogP contribution in [0.15, 0.2) is 23.2 Å². The number of fused-ring (bicyclic) bond motifs is 1. The summed E-state index contributed by atoms with van der Waals surface area (Å²) < 4.78 is 5.87. The Morgan fingerprint density at radius 3 is 2.60 bits per heavy atom. The number of anilines is 1. The van der Waals surface area contributed by atoms with Gasteiger partial charge in [0.05, 0.1) is 13.1 Å². The number of halogens is 1. The standard InChI is InChI=1S/C22H37N5O2.HI/c1-6-23-22(24-11-13-27(16(2)3)17(4)5)25-12-14-29-19-8-9-20-18(15-19)7-10-21(28)26-20;/h8-9,15-17H,6-7,10-14H2,1-5H3,(H,26,28)(H2,23,24,25);1H. The summed E-state index contributed by atoms with van der Waals surface area (Å²) in [7, 11) is 0. The molecule has 0 fully saturated rings. The van der Waals surface area contributed by atoms with Gasteiger partial charge in [0.2, 0.25) is 5.91 Å². The monoisotopic (exact) mass is 531 g/mol. The maximum Gasteiger partial charge on any atom is 0.224 e. The van der Waals surface area contributed by atoms with Gasteiger partial charge >= 0.3 is 0 Å². The highest BCUT2D eigenvalue weighted by molar-refractivity contribution is 14.0. The SMILES string of the molecule is CCNC(=NCCN(C(C)C)C(C)C)NCCOc1ccc2c(c1)CCC(=O)N2.I. The molecule has 1 aliphatic rings. The van der Waals surface area contributed by atoms with Crippen molar-refractivity contribution in [2.75, 3.05) is 38.1 Å². The maximum atomic E-state index is 11.4. The van der Waals surface area contributed by atoms with E-state index in [9.17, 15) is 4.79 Å². The Hall–Kier alpha value is -1.55. The van der Waals surface area contributed by atoms with Crippen LogP contribution in [-0.2, 0) is 11.2 Å². The van der Waals surface area contributed by atoms with Gasteiger partial charge in [0.15, 0.2) is 5.96 Å². The molecular formula is C22H38IN5O2. The van der Waals surface area contributed by atoms with Crippen LogP contribution < -0.4 is 20.7 Å². The topological polar surface area (TPSA) is 78.0 Å². The summed E-state index contributed by atoms with van der Waals surface area (Å²) in [5.74, 6) is 1.72. The normalized spacial score (nSPS) is 13.7. The Kier molecular flexibility index (Phi) is 12.1. The molecule has 1 aromatic carbocycles. The molecule has 0 unspecified atom stereocenters. The fourth-order valence-corrected chi connectivity index (χ4v) is 3.52. The number of hydrogen-bond acceptors (Lipinski definition) is 4. The van der Waals surface area contributed by atoms with Crippen LogP contribution in [0.25, 0.3) is 0 Å². The van der Waals surface area contributed by atoms with Crippen LogP contribution in [0.4, 0.5) is 5.69 Å². The number of guanidine groups is 1. The van der Waals surface area contributed by atoms with Gasteiger partial charge in [0.25, 0.3) is 0 Å². The van der Waals surface area contributed by atoms with Crippen LogP contribution in [-0.4, -0.2) is 61.6 Å². The summed E-state index contributed by atoms with van der Waals surface area (Å²) in [6.45, 7) is 14.7. The maximum absolute atomic E-state index is 11.4. The van der Waals surface area contributed by atoms with Gasteiger partial charge in [-0.25, -0.2) is 0 Å². The zero-order valence-corrected chi connectivity index (χ0v) is 21.3. The Balaban J connectivity index is 0.00000450. The molecule has 0 saturated heterocycles. The third-order valence-corrected chi connectivity index (χ3v) is 4.93. The number of carbonyl (C=O) groups is 1. The molecule has 1 heterocycles. The fourth-order valence-electron chi connectivity index (χ4n) is 3.52. The van der Waals surface area contributed by atoms with Crippen molar-refractivity contribution >= 4 is 41.5 Å². The highest BCUT2D eigenvalue weighted by atomic mass is 127. The molecule has 0 bridgehead atoms. The van der Waals surface area contributed by atoms with Crippen molar-refractivity contribution in [2.24, 2.45) is 4.99 Å². The molecule has 3 N–H and O–H groups in total. The van der Waals surface area contributed by atoms with Gasteiger partial charge in [0.1, 0.15) is 12.4 Å². The van der Waals surface area contributed by atoms with Crippen LogP contribution in [0.3, 0.4) is 0 Å². The zero-order chi connectivity index (χ0) is 21.2. The number of nitrogens with zero attached hydrogens (tertiary/aromatic N) is 2. The van der Waals surface area contributed by atoms with Gasteiger partial charge in [-0.3, -0.25) is 14.7 Å². The predicted octanol–water partition coefficient (Wildman–Crippen LogP) is 3.24. The Labute approximate surface area is 198 Å². The first-order valence-electron chi connectivity index (χ1n) is 10.7. The number of amides is 1. The van der Waals surface area contributed by atoms with Crippen molar-refractivity contribution in [1.29, 1.82) is 0 Å². The second kappa shape index (κ2) is 13.7. The summed E-state index contributed by atoms with van der Waals surface area (Å²) in [6, 6.07) is 6.85. The van der Waals surface area contributed by atoms with Crippen molar-refractivity contribution in [3.05, 3.63) is 23.8 Å². The lowest BCUT2D eigenvalue weighted by Crippen LogP contribution is -2.41. The summed E-state index contributed by atoms with van der Waals surface area (Å²) in [6.07, 6.45) is 1.29. The molecule has 0 aliphatic carbocycles. The van der Waals surface area contributed by atoms with Crippen molar-refractivity contribution in [1.82, 2.24) is 15.5 Å². The Morgan fingerprint density at radius 1 is 1.20 bits per heavy atom. The Morgan fingerprint density at radius 2 is 1.93 bits per heavy atom. The summed E-state index contributed by atoms with van der Waals surface area (Å²) in [4.78, 5) is 18.6. The van der Waals surface area contributed by atoms with Crippen LogP contribution >= 0.6 is 24.0 Å². The van der Waals surface area contributed by atoms with Gasteiger partial charge in [0, 0.05) is 37.3 Å². The molecule has 0 atom stereocenters. The zero-order valence-electron chi connectivity index (χ0n) is 19.0. The van der Waals surface area contributed by atoms with E-state index in [2.05, 4.69) is 60.5 Å². The highest BCUT2D eigenvalue weighted by Crippen LogP contribution is 2.26. The van der Waals surface area contributed by atoms with Gasteiger partial charge in [-0.05, 0) is 64.8 Å². The molecular weight excluding hydrogens is 493 g/mol. The molecule has 2 rings (SSSR count). The first kappa shape index (κ1) is 26.5. The molecule has 7 nitrogen and oxygen atoms in total. The molecule has 8 heteroatoms. The van der Waals surface area contributed by atoms with E-state index in [1.807, 2.05) is 18.2 Å². The fraction of sp³-hybridized carbons (Fsp3) is 0.636. The summed E-state index contributed by atoms with van der Waals surface area (Å²) in [5.41, 5.74) is 2.02. The average Bonchev–Trinajstić information content (AvgIpc) is 2.67. The minimum absolute atomic E-state index is 0. The molecule has 30 heavy (non-hydrogen) atoms. The molecule has 1 aliphatic heterocycles. The quantitative estimate of drug-likeness (QED) is 0.187. The Bertz CT molecular complexity index is 686. The minimum Gasteiger partial charge on any atom is -0.492 e. The summed E-state index contributed by atoms with van der Waals surface area (Å²) in [5, 5.41) is 9.50. The lowest BCUT2D eigenvalue weighted by Gasteiger charge is -2.29. The van der Waals surface area contributed by atoms with Crippen LogP contribution in [0.5, 0.6) is 5.75 Å². The van der Waals surface area contributed by atoms with E-state index in [0.717, 1.165) is 49.0 Å². The van der Waals surface area contributed by atoms with E-state index in [1.54, 1.807) is 0 Å². The minimum atomic E-state index is 0. The number of carbonyl (C=O) groups excluding carboxylic acids is 1. The second-order valence-electron chi connectivity index (χ2n) is 7.83. The number of rotatable bonds is 10. The van der Waals surface area contributed by atoms with Gasteiger partial charge in [-0.2, -0.15) is 0 Å². The van der Waals surface area contributed by atoms with E-state index in [-0.39, 0.29) is 29.9 Å². The van der Waals surface area contributed by atoms with E-state index < -0.39 is 0 Å². The molecule has 0 aromatic heterocycles. The van der Waals surface area contributed by atoms with E-state index in [1.165, 1.54) is 0 Å². The van der Waals surface area contributed by atoms with Crippen LogP contribution in [0, 0.1) is 0 Å². The number of aryl methyl sites for hydroxylation is 1. The molecule has 170 valence electrons. The van der Waals surface area contributed by atoms with E-state index >= 15 is 0 Å². The molecule has 0 radical (unpaired) electrons. The number of benzene rings is 1. The van der Waals surface area contributed by atoms with Crippen molar-refractivity contribution in [3.8, 4) is 5.75 Å². The average molecular weight is 531 g/mol. The smallest absolute Gasteiger partial charge is 0.224 e. The summed E-state index contributed by atoms with van der Waals surface area (Å²) >= 11 is 0. The van der Waals surface area contributed by atoms with E-state index in [0.29, 0.717) is 31.7 Å². The van der Waals surface area contributed by atoms with Crippen molar-refractivity contribution in [2.45, 2.75) is 59.5 Å². The third kappa shape index (κ3) is 8.67. The molecule has 0 spiro atoms. The largest absolute Gasteiger partial charge is 0.492 e. The van der Waals surface area contributed by atoms with E-state index in [4.69, 9.17) is 4.74 Å². The predicted molar refractivity (Wildman–Crippen MR) is 135 cm³/mol. The number of nitrogens with one attached hydrogen (secondary N) is 3. The van der Waals surface area contributed by atoms with Gasteiger partial charge in [-0.15, -0.1) is 24.0 Å². The number of hydrogen-bond donors (Lipinski definition) is 3. The lowest BCUT2D eigenvalue weighted by atomic mass is 10.0. The number of ether oxygens (including phenoxy) is 1. The number of aliphatic imine (C=N–C) groups is 1. The first-order valence-corrected chi connectivity index (χ1v) is 10.7. The van der Waals surface area contributed by atoms with Gasteiger partial charge in [-0.1, -0.05) is 0 Å². The van der Waals surface area contributed by atoms with Crippen LogP contribution in [0.1, 0.15) is 46.6 Å². The second-order valence-corrected chi connectivity index (χ2v) is 7.83. The van der Waals surface area contributed by atoms with Crippen molar-refractivity contribution in [3.63, 3.8) is 0 Å².